The van der Waals surface area contributed by atoms with Crippen molar-refractivity contribution in [3.8, 4) is 11.6 Å². The van der Waals surface area contributed by atoms with Crippen LogP contribution in [0.15, 0.2) is 66.9 Å². The molecule has 2 aromatic carbocycles. The highest BCUT2D eigenvalue weighted by Gasteiger charge is 2.32. The summed E-state index contributed by atoms with van der Waals surface area (Å²) in [6.45, 7) is 3.04. The minimum atomic E-state index is -0.719. The number of allylic oxidation sites excluding steroid dienone is 1. The van der Waals surface area contributed by atoms with Gasteiger partial charge in [0.1, 0.15) is 5.75 Å². The molecule has 0 amide bonds. The molecule has 5 nitrogen and oxygen atoms in total. The lowest BCUT2D eigenvalue weighted by atomic mass is 10.1. The molecule has 0 atom stereocenters. The third-order valence-corrected chi connectivity index (χ3v) is 5.57. The molecule has 0 radical (unpaired) electrons. The number of pyridine rings is 1. The summed E-state index contributed by atoms with van der Waals surface area (Å²) in [6.07, 6.45) is 4.62. The topological polar surface area (TPSA) is 57.7 Å². The zero-order chi connectivity index (χ0) is 21.8. The Balaban J connectivity index is 1.39. The third-order valence-electron chi connectivity index (χ3n) is 4.83. The summed E-state index contributed by atoms with van der Waals surface area (Å²) in [5, 5.41) is 0.902. The molecule has 1 aliphatic heterocycles. The number of rotatable bonds is 6. The van der Waals surface area contributed by atoms with E-state index >= 15 is 0 Å². The number of aromatic nitrogens is 1. The zero-order valence-electron chi connectivity index (χ0n) is 16.7. The van der Waals surface area contributed by atoms with E-state index in [4.69, 9.17) is 37.4 Å². The Bertz CT molecular complexity index is 1110. The van der Waals surface area contributed by atoms with Crippen LogP contribution in [0.3, 0.4) is 0 Å². The van der Waals surface area contributed by atoms with Crippen LogP contribution in [-0.2, 0) is 15.3 Å². The Hall–Kier alpha value is -2.70. The second-order valence-electron chi connectivity index (χ2n) is 7.03. The van der Waals surface area contributed by atoms with Gasteiger partial charge in [-0.15, -0.1) is 0 Å². The van der Waals surface area contributed by atoms with Gasteiger partial charge < -0.3 is 14.2 Å². The zero-order valence-corrected chi connectivity index (χ0v) is 18.2. The summed E-state index contributed by atoms with van der Waals surface area (Å²) in [7, 11) is 0. The first-order chi connectivity index (χ1) is 14.9. The van der Waals surface area contributed by atoms with E-state index in [0.29, 0.717) is 40.5 Å². The number of carbonyl (C=O) groups excluding carboxylic acids is 1. The van der Waals surface area contributed by atoms with Crippen LogP contribution in [-0.4, -0.2) is 24.0 Å². The summed E-state index contributed by atoms with van der Waals surface area (Å²) in [5.41, 5.74) is 2.14. The average Bonchev–Trinajstić information content (AvgIpc) is 3.23. The van der Waals surface area contributed by atoms with Crippen LogP contribution >= 0.6 is 23.2 Å². The molecule has 158 valence electrons. The Morgan fingerprint density at radius 3 is 2.42 bits per heavy atom. The number of hydrogen-bond acceptors (Lipinski definition) is 5. The Kier molecular flexibility index (Phi) is 6.39. The molecule has 7 heteroatoms. The standard InChI is InChI=1S/C24H19Cl2NO4/c1-24(29-12-13-30-24)18-5-7-19(8-6-18)31-23-11-4-17(15-27-23)22(28)10-3-16-2-9-20(25)21(26)14-16/h2-11,14-15H,12-13H2,1H3. The summed E-state index contributed by atoms with van der Waals surface area (Å²) < 4.78 is 17.1. The minimum Gasteiger partial charge on any atom is -0.439 e. The predicted octanol–water partition coefficient (Wildman–Crippen LogP) is 6.30. The molecule has 0 unspecified atom stereocenters. The van der Waals surface area contributed by atoms with Gasteiger partial charge in [0, 0.05) is 23.4 Å². The van der Waals surface area contributed by atoms with Crippen LogP contribution in [0.1, 0.15) is 28.4 Å². The van der Waals surface area contributed by atoms with Crippen LogP contribution < -0.4 is 4.74 Å². The number of ether oxygens (including phenoxy) is 3. The highest BCUT2D eigenvalue weighted by atomic mass is 35.5. The molecule has 1 fully saturated rings. The Morgan fingerprint density at radius 2 is 1.77 bits per heavy atom. The van der Waals surface area contributed by atoms with Gasteiger partial charge >= 0.3 is 0 Å². The van der Waals surface area contributed by atoms with Gasteiger partial charge in [0.15, 0.2) is 11.6 Å². The number of halogens is 2. The van der Waals surface area contributed by atoms with E-state index in [1.54, 1.807) is 36.4 Å². The number of benzene rings is 2. The van der Waals surface area contributed by atoms with E-state index in [1.165, 1.54) is 12.3 Å². The monoisotopic (exact) mass is 455 g/mol. The molecule has 4 rings (SSSR count). The molecule has 3 aromatic rings. The molecule has 31 heavy (non-hydrogen) atoms. The van der Waals surface area contributed by atoms with Gasteiger partial charge in [-0.3, -0.25) is 4.79 Å². The van der Waals surface area contributed by atoms with Crippen LogP contribution in [0.4, 0.5) is 0 Å². The first-order valence-corrected chi connectivity index (χ1v) is 10.4. The molecular weight excluding hydrogens is 437 g/mol. The molecule has 0 saturated carbocycles. The number of nitrogens with zero attached hydrogens (tertiary/aromatic N) is 1. The van der Waals surface area contributed by atoms with Crippen molar-refractivity contribution in [1.29, 1.82) is 0 Å². The number of ketones is 1. The molecule has 2 heterocycles. The second kappa shape index (κ2) is 9.20. The average molecular weight is 456 g/mol. The molecule has 0 spiro atoms. The number of hydrogen-bond donors (Lipinski definition) is 0. The predicted molar refractivity (Wildman–Crippen MR) is 120 cm³/mol. The second-order valence-corrected chi connectivity index (χ2v) is 7.84. The fourth-order valence-corrected chi connectivity index (χ4v) is 3.40. The van der Waals surface area contributed by atoms with Crippen molar-refractivity contribution in [2.45, 2.75) is 12.7 Å². The van der Waals surface area contributed by atoms with E-state index in [1.807, 2.05) is 31.2 Å². The van der Waals surface area contributed by atoms with Gasteiger partial charge in [0.05, 0.1) is 23.3 Å². The molecule has 0 aliphatic carbocycles. The molecule has 0 N–H and O–H groups in total. The minimum absolute atomic E-state index is 0.181. The van der Waals surface area contributed by atoms with Crippen molar-refractivity contribution in [3.63, 3.8) is 0 Å². The third kappa shape index (κ3) is 5.14. The summed E-state index contributed by atoms with van der Waals surface area (Å²) in [4.78, 5) is 16.6. The maximum Gasteiger partial charge on any atom is 0.219 e. The van der Waals surface area contributed by atoms with Crippen molar-refractivity contribution in [1.82, 2.24) is 4.98 Å². The quantitative estimate of drug-likeness (QED) is 0.322. The smallest absolute Gasteiger partial charge is 0.219 e. The lowest BCUT2D eigenvalue weighted by Gasteiger charge is -2.22. The van der Waals surface area contributed by atoms with E-state index in [0.717, 1.165) is 11.1 Å². The van der Waals surface area contributed by atoms with E-state index in [2.05, 4.69) is 4.98 Å². The van der Waals surface area contributed by atoms with Crippen LogP contribution in [0.2, 0.25) is 10.0 Å². The van der Waals surface area contributed by atoms with E-state index in [9.17, 15) is 4.79 Å². The molecule has 1 saturated heterocycles. The molecular formula is C24H19Cl2NO4. The Morgan fingerprint density at radius 1 is 1.03 bits per heavy atom. The molecule has 1 aliphatic rings. The highest BCUT2D eigenvalue weighted by Crippen LogP contribution is 2.32. The maximum atomic E-state index is 12.4. The lowest BCUT2D eigenvalue weighted by Crippen LogP contribution is -2.22. The van der Waals surface area contributed by atoms with Gasteiger partial charge in [0.25, 0.3) is 0 Å². The van der Waals surface area contributed by atoms with Crippen molar-refractivity contribution >= 4 is 35.1 Å². The fourth-order valence-electron chi connectivity index (χ4n) is 3.10. The normalized spacial score (nSPS) is 15.3. The van der Waals surface area contributed by atoms with E-state index < -0.39 is 5.79 Å². The number of carbonyl (C=O) groups is 1. The van der Waals surface area contributed by atoms with Crippen LogP contribution in [0.5, 0.6) is 11.6 Å². The van der Waals surface area contributed by atoms with Crippen molar-refractivity contribution in [3.05, 3.63) is 93.6 Å². The van der Waals surface area contributed by atoms with Crippen molar-refractivity contribution in [2.75, 3.05) is 13.2 Å². The summed E-state index contributed by atoms with van der Waals surface area (Å²) >= 11 is 11.9. The highest BCUT2D eigenvalue weighted by molar-refractivity contribution is 6.42. The fraction of sp³-hybridized carbons (Fsp3) is 0.167. The van der Waals surface area contributed by atoms with Gasteiger partial charge in [-0.2, -0.15) is 0 Å². The van der Waals surface area contributed by atoms with E-state index in [-0.39, 0.29) is 5.78 Å². The van der Waals surface area contributed by atoms with Gasteiger partial charge in [-0.05, 0) is 61.0 Å². The van der Waals surface area contributed by atoms with Gasteiger partial charge in [-0.25, -0.2) is 4.98 Å². The maximum absolute atomic E-state index is 12.4. The lowest BCUT2D eigenvalue weighted by molar-refractivity contribution is -0.149. The SMILES string of the molecule is CC1(c2ccc(Oc3ccc(C(=O)C=Cc4ccc(Cl)c(Cl)c4)cn3)cc2)OCCO1. The van der Waals surface area contributed by atoms with Gasteiger partial charge in [-0.1, -0.05) is 35.3 Å². The van der Waals surface area contributed by atoms with Crippen molar-refractivity contribution < 1.29 is 19.0 Å². The first-order valence-electron chi connectivity index (χ1n) is 9.63. The summed E-state index contributed by atoms with van der Waals surface area (Å²) in [5.74, 6) is 0.108. The summed E-state index contributed by atoms with van der Waals surface area (Å²) in [6, 6.07) is 15.9. The van der Waals surface area contributed by atoms with Crippen molar-refractivity contribution in [2.24, 2.45) is 0 Å². The molecule has 0 bridgehead atoms. The van der Waals surface area contributed by atoms with Crippen LogP contribution in [0, 0.1) is 0 Å². The van der Waals surface area contributed by atoms with Crippen LogP contribution in [0.25, 0.3) is 6.08 Å². The first kappa shape index (κ1) is 21.5. The Labute approximate surface area is 190 Å². The van der Waals surface area contributed by atoms with Gasteiger partial charge in [0.2, 0.25) is 5.88 Å². The molecule has 1 aromatic heterocycles. The largest absolute Gasteiger partial charge is 0.439 e.